The van der Waals surface area contributed by atoms with Gasteiger partial charge in [-0.15, -0.1) is 11.3 Å². The molecule has 0 fully saturated rings. The van der Waals surface area contributed by atoms with Crippen LogP contribution in [0.3, 0.4) is 0 Å². The normalized spacial score (nSPS) is 13.2. The van der Waals surface area contributed by atoms with Gasteiger partial charge in [-0.2, -0.15) is 0 Å². The SMILES string of the molecule is CS(=O)c1csc2nc3[nH]c(=O)[nH]c(=O)c3nc12. The van der Waals surface area contributed by atoms with Gasteiger partial charge < -0.3 is 0 Å². The second-order valence-corrected chi connectivity index (χ2v) is 5.74. The first-order valence-electron chi connectivity index (χ1n) is 4.81. The maximum absolute atomic E-state index is 11.6. The third kappa shape index (κ3) is 1.59. The summed E-state index contributed by atoms with van der Waals surface area (Å²) in [4.78, 5) is 36.6. The maximum atomic E-state index is 11.6. The summed E-state index contributed by atoms with van der Waals surface area (Å²) in [7, 11) is -1.20. The molecule has 0 saturated carbocycles. The number of H-pyrrole nitrogens is 2. The van der Waals surface area contributed by atoms with Crippen LogP contribution in [0.1, 0.15) is 0 Å². The van der Waals surface area contributed by atoms with E-state index in [9.17, 15) is 13.8 Å². The molecule has 0 aliphatic rings. The van der Waals surface area contributed by atoms with Crippen LogP contribution in [0.25, 0.3) is 21.5 Å². The number of hydrogen-bond acceptors (Lipinski definition) is 6. The van der Waals surface area contributed by atoms with Crippen molar-refractivity contribution in [1.82, 2.24) is 19.9 Å². The highest BCUT2D eigenvalue weighted by Crippen LogP contribution is 2.25. The third-order valence-electron chi connectivity index (χ3n) is 2.36. The molecule has 0 aromatic carbocycles. The van der Waals surface area contributed by atoms with Gasteiger partial charge >= 0.3 is 5.69 Å². The van der Waals surface area contributed by atoms with Crippen LogP contribution < -0.4 is 11.2 Å². The van der Waals surface area contributed by atoms with Crippen LogP contribution in [0.15, 0.2) is 19.9 Å². The van der Waals surface area contributed by atoms with E-state index in [0.717, 1.165) is 0 Å². The minimum absolute atomic E-state index is 0.0344. The summed E-state index contributed by atoms with van der Waals surface area (Å²) in [5.41, 5.74) is -0.635. The molecular formula is C9H6N4O3S2. The van der Waals surface area contributed by atoms with Gasteiger partial charge in [-0.05, 0) is 0 Å². The Bertz CT molecular complexity index is 907. The lowest BCUT2D eigenvalue weighted by atomic mass is 10.4. The fourth-order valence-corrected chi connectivity index (χ4v) is 3.49. The molecule has 3 aromatic heterocycles. The highest BCUT2D eigenvalue weighted by molar-refractivity contribution is 7.84. The van der Waals surface area contributed by atoms with Crippen molar-refractivity contribution in [3.8, 4) is 0 Å². The number of hydrogen-bond donors (Lipinski definition) is 2. The molecule has 92 valence electrons. The smallest absolute Gasteiger partial charge is 0.290 e. The molecule has 9 heteroatoms. The Morgan fingerprint density at radius 1 is 1.22 bits per heavy atom. The summed E-state index contributed by atoms with van der Waals surface area (Å²) in [6.07, 6.45) is 1.53. The zero-order valence-corrected chi connectivity index (χ0v) is 10.6. The molecular weight excluding hydrogens is 276 g/mol. The summed E-state index contributed by atoms with van der Waals surface area (Å²) < 4.78 is 11.5. The molecule has 0 radical (unpaired) electrons. The van der Waals surface area contributed by atoms with Crippen LogP contribution in [-0.4, -0.2) is 30.4 Å². The fourth-order valence-electron chi connectivity index (χ4n) is 1.58. The van der Waals surface area contributed by atoms with Gasteiger partial charge in [-0.25, -0.2) is 14.8 Å². The van der Waals surface area contributed by atoms with E-state index >= 15 is 0 Å². The standard InChI is InChI=1S/C9H6N4O3S2/c1-18(16)3-2-17-8-4(3)10-5-6(11-8)12-9(15)13-7(5)14/h2H,1H3,(H2,11,12,13,14,15). The van der Waals surface area contributed by atoms with Crippen LogP contribution >= 0.6 is 11.3 Å². The van der Waals surface area contributed by atoms with Crippen molar-refractivity contribution < 1.29 is 4.21 Å². The number of aromatic amines is 2. The zero-order chi connectivity index (χ0) is 12.9. The third-order valence-corrected chi connectivity index (χ3v) is 4.30. The molecule has 7 nitrogen and oxygen atoms in total. The highest BCUT2D eigenvalue weighted by atomic mass is 32.2. The minimum atomic E-state index is -1.20. The van der Waals surface area contributed by atoms with Gasteiger partial charge in [-0.1, -0.05) is 0 Å². The first kappa shape index (κ1) is 11.2. The number of fused-ring (bicyclic) bond motifs is 2. The van der Waals surface area contributed by atoms with E-state index in [4.69, 9.17) is 0 Å². The molecule has 0 bridgehead atoms. The Balaban J connectivity index is 2.54. The second kappa shape index (κ2) is 3.82. The molecule has 0 saturated heterocycles. The Hall–Kier alpha value is -1.87. The van der Waals surface area contributed by atoms with Gasteiger partial charge in [0.1, 0.15) is 10.3 Å². The zero-order valence-electron chi connectivity index (χ0n) is 9.01. The fraction of sp³-hybridized carbons (Fsp3) is 0.111. The van der Waals surface area contributed by atoms with E-state index < -0.39 is 22.0 Å². The quantitative estimate of drug-likeness (QED) is 0.651. The van der Waals surface area contributed by atoms with Crippen molar-refractivity contribution in [1.29, 1.82) is 0 Å². The number of nitrogens with zero attached hydrogens (tertiary/aromatic N) is 2. The molecule has 3 aromatic rings. The van der Waals surface area contributed by atoms with Crippen LogP contribution in [-0.2, 0) is 10.8 Å². The molecule has 0 aliphatic carbocycles. The summed E-state index contributed by atoms with van der Waals surface area (Å²) in [5, 5.41) is 1.69. The first-order valence-corrected chi connectivity index (χ1v) is 7.25. The van der Waals surface area contributed by atoms with Crippen molar-refractivity contribution in [2.24, 2.45) is 0 Å². The van der Waals surface area contributed by atoms with Crippen molar-refractivity contribution in [2.75, 3.05) is 6.26 Å². The Labute approximate surface area is 105 Å². The van der Waals surface area contributed by atoms with Crippen LogP contribution in [0.5, 0.6) is 0 Å². The number of aromatic nitrogens is 4. The largest absolute Gasteiger partial charge is 0.327 e. The van der Waals surface area contributed by atoms with Crippen molar-refractivity contribution in [2.45, 2.75) is 4.90 Å². The van der Waals surface area contributed by atoms with Crippen LogP contribution in [0.4, 0.5) is 0 Å². The molecule has 3 rings (SSSR count). The maximum Gasteiger partial charge on any atom is 0.327 e. The molecule has 0 aliphatic heterocycles. The molecule has 3 heterocycles. The van der Waals surface area contributed by atoms with Gasteiger partial charge in [0.2, 0.25) is 0 Å². The topological polar surface area (TPSA) is 109 Å². The van der Waals surface area contributed by atoms with E-state index in [1.807, 2.05) is 0 Å². The summed E-state index contributed by atoms with van der Waals surface area (Å²) in [6.45, 7) is 0. The highest BCUT2D eigenvalue weighted by Gasteiger charge is 2.13. The number of thiophene rings is 1. The molecule has 0 spiro atoms. The molecule has 1 unspecified atom stereocenters. The predicted molar refractivity (Wildman–Crippen MR) is 68.5 cm³/mol. The average molecular weight is 282 g/mol. The predicted octanol–water partition coefficient (Wildman–Crippen LogP) is -0.0415. The lowest BCUT2D eigenvalue weighted by molar-refractivity contribution is 0.687. The van der Waals surface area contributed by atoms with Gasteiger partial charge in [0.05, 0.1) is 15.7 Å². The van der Waals surface area contributed by atoms with Crippen LogP contribution in [0, 0.1) is 0 Å². The average Bonchev–Trinajstić information content (AvgIpc) is 2.69. The summed E-state index contributed by atoms with van der Waals surface area (Å²) in [6, 6.07) is 0. The van der Waals surface area contributed by atoms with Crippen molar-refractivity contribution in [3.63, 3.8) is 0 Å². The number of rotatable bonds is 1. The van der Waals surface area contributed by atoms with Crippen molar-refractivity contribution in [3.05, 3.63) is 26.2 Å². The Morgan fingerprint density at radius 2 is 2.00 bits per heavy atom. The van der Waals surface area contributed by atoms with Gasteiger partial charge in [0, 0.05) is 11.6 Å². The summed E-state index contributed by atoms with van der Waals surface area (Å²) in [5.74, 6) is 0. The lowest BCUT2D eigenvalue weighted by Gasteiger charge is -1.96. The van der Waals surface area contributed by atoms with Crippen LogP contribution in [0.2, 0.25) is 0 Å². The first-order chi connectivity index (χ1) is 8.56. The second-order valence-electron chi connectivity index (χ2n) is 3.54. The van der Waals surface area contributed by atoms with Gasteiger partial charge in [-0.3, -0.25) is 19.0 Å². The van der Waals surface area contributed by atoms with Crippen molar-refractivity contribution >= 4 is 43.6 Å². The van der Waals surface area contributed by atoms with E-state index in [2.05, 4.69) is 19.9 Å². The van der Waals surface area contributed by atoms with Gasteiger partial charge in [0.25, 0.3) is 5.56 Å². The molecule has 0 amide bonds. The minimum Gasteiger partial charge on any atom is -0.290 e. The monoisotopic (exact) mass is 282 g/mol. The summed E-state index contributed by atoms with van der Waals surface area (Å²) >= 11 is 1.27. The Morgan fingerprint density at radius 3 is 2.72 bits per heavy atom. The lowest BCUT2D eigenvalue weighted by Crippen LogP contribution is -2.23. The Kier molecular flexibility index (Phi) is 2.38. The van der Waals surface area contributed by atoms with E-state index in [0.29, 0.717) is 15.2 Å². The van der Waals surface area contributed by atoms with E-state index in [1.165, 1.54) is 17.6 Å². The molecule has 18 heavy (non-hydrogen) atoms. The molecule has 1 atom stereocenters. The van der Waals surface area contributed by atoms with E-state index in [-0.39, 0.29) is 11.2 Å². The van der Waals surface area contributed by atoms with E-state index in [1.54, 1.807) is 5.38 Å². The van der Waals surface area contributed by atoms with Gasteiger partial charge in [0.15, 0.2) is 11.2 Å². The number of nitrogens with one attached hydrogen (secondary N) is 2. The molecule has 2 N–H and O–H groups in total.